The highest BCUT2D eigenvalue weighted by molar-refractivity contribution is 8.16. The fraction of sp³-hybridized carbons (Fsp3) is 0.381. The van der Waals surface area contributed by atoms with E-state index in [1.807, 2.05) is 0 Å². The average molecular weight is 328 g/mol. The lowest BCUT2D eigenvalue weighted by Gasteiger charge is -2.16. The molecule has 1 nitrogen and oxygen atoms in total. The summed E-state index contributed by atoms with van der Waals surface area (Å²) in [4.78, 5) is 1.34. The molecule has 0 aliphatic rings. The third kappa shape index (κ3) is 5.54. The number of hydrogen-bond acceptors (Lipinski definition) is 1. The zero-order valence-corrected chi connectivity index (χ0v) is 15.6. The highest BCUT2D eigenvalue weighted by Gasteiger charge is 2.08. The summed E-state index contributed by atoms with van der Waals surface area (Å²) in [5.74, 6) is 1.46. The van der Waals surface area contributed by atoms with Gasteiger partial charge in [-0.1, -0.05) is 68.7 Å². The zero-order valence-electron chi connectivity index (χ0n) is 14.8. The maximum absolute atomic E-state index is 3.67. The van der Waals surface area contributed by atoms with Gasteiger partial charge in [-0.15, -0.1) is 0 Å². The smallest absolute Gasteiger partial charge is 0.0438 e. The lowest BCUT2D eigenvalue weighted by molar-refractivity contribution is 0.417. The molecule has 2 aromatic carbocycles. The molecule has 2 rings (SSSR count). The van der Waals surface area contributed by atoms with Crippen LogP contribution in [0.2, 0.25) is 0 Å². The van der Waals surface area contributed by atoms with Crippen LogP contribution in [0.5, 0.6) is 0 Å². The molecule has 2 aromatic rings. The van der Waals surface area contributed by atoms with Gasteiger partial charge in [-0.2, -0.15) is 0 Å². The minimum Gasteiger partial charge on any atom is -0.332 e. The first kappa shape index (κ1) is 17.8. The Kier molecular flexibility index (Phi) is 6.91. The van der Waals surface area contributed by atoms with Gasteiger partial charge in [-0.25, -0.2) is 0 Å². The molecule has 0 aliphatic heterocycles. The van der Waals surface area contributed by atoms with Crippen LogP contribution in [0.25, 0.3) is 0 Å². The molecule has 1 N–H and O–H groups in total. The second-order valence-electron chi connectivity index (χ2n) is 6.45. The Morgan fingerprint density at radius 3 is 2.17 bits per heavy atom. The SMILES string of the molecule is CC/C=S(/Nc1ccc(CC(C)C(C)C)cc1)c1ccccc1. The summed E-state index contributed by atoms with van der Waals surface area (Å²) >= 11 is 0. The van der Waals surface area contributed by atoms with Gasteiger partial charge in [0, 0.05) is 10.6 Å². The van der Waals surface area contributed by atoms with E-state index in [-0.39, 0.29) is 10.7 Å². The summed E-state index contributed by atoms with van der Waals surface area (Å²) in [5, 5.41) is 2.35. The van der Waals surface area contributed by atoms with Gasteiger partial charge in [0.2, 0.25) is 0 Å². The standard InChI is InChI=1S/C21H29NS/c1-5-15-23(21-9-7-6-8-10-21)22-20-13-11-19(12-14-20)16-18(4)17(2)3/h6-15,17-18,22H,5,16H2,1-4H3. The van der Waals surface area contributed by atoms with E-state index in [1.165, 1.54) is 16.1 Å². The molecule has 0 amide bonds. The van der Waals surface area contributed by atoms with E-state index in [9.17, 15) is 0 Å². The maximum atomic E-state index is 3.67. The Morgan fingerprint density at radius 2 is 1.61 bits per heavy atom. The highest BCUT2D eigenvalue weighted by Crippen LogP contribution is 2.28. The summed E-state index contributed by atoms with van der Waals surface area (Å²) in [6, 6.07) is 19.6. The Balaban J connectivity index is 2.08. The van der Waals surface area contributed by atoms with E-state index in [1.54, 1.807) is 0 Å². The first-order valence-electron chi connectivity index (χ1n) is 8.57. The third-order valence-corrected chi connectivity index (χ3v) is 6.11. The Bertz CT molecular complexity index is 614. The van der Waals surface area contributed by atoms with E-state index >= 15 is 0 Å². The van der Waals surface area contributed by atoms with Crippen LogP contribution >= 0.6 is 10.7 Å². The lowest BCUT2D eigenvalue weighted by atomic mass is 9.91. The summed E-state index contributed by atoms with van der Waals surface area (Å²) in [5.41, 5.74) is 2.62. The van der Waals surface area contributed by atoms with E-state index in [0.717, 1.165) is 24.7 Å². The maximum Gasteiger partial charge on any atom is 0.0438 e. The molecule has 2 unspecified atom stereocenters. The molecule has 0 saturated carbocycles. The average Bonchev–Trinajstić information content (AvgIpc) is 2.57. The Hall–Kier alpha value is -1.54. The summed E-state index contributed by atoms with van der Waals surface area (Å²) in [6.07, 6.45) is 2.22. The van der Waals surface area contributed by atoms with E-state index in [2.05, 4.69) is 92.4 Å². The topological polar surface area (TPSA) is 12.0 Å². The molecule has 23 heavy (non-hydrogen) atoms. The first-order valence-corrected chi connectivity index (χ1v) is 9.86. The molecular weight excluding hydrogens is 298 g/mol. The van der Waals surface area contributed by atoms with Crippen LogP contribution in [-0.4, -0.2) is 5.37 Å². The Labute approximate surface area is 144 Å². The molecule has 0 aliphatic carbocycles. The van der Waals surface area contributed by atoms with E-state index in [0.29, 0.717) is 0 Å². The van der Waals surface area contributed by atoms with Crippen molar-refractivity contribution in [2.45, 2.75) is 45.4 Å². The summed E-state index contributed by atoms with van der Waals surface area (Å²) in [6.45, 7) is 9.13. The number of rotatable bonds is 7. The van der Waals surface area contributed by atoms with Gasteiger partial charge in [-0.3, -0.25) is 0 Å². The van der Waals surface area contributed by atoms with Gasteiger partial charge in [-0.05, 0) is 59.9 Å². The zero-order chi connectivity index (χ0) is 16.7. The van der Waals surface area contributed by atoms with Crippen molar-refractivity contribution in [2.75, 3.05) is 4.72 Å². The number of nitrogens with one attached hydrogen (secondary N) is 1. The molecular formula is C21H29NS. The fourth-order valence-electron chi connectivity index (χ4n) is 2.37. The minimum atomic E-state index is -0.0385. The number of hydrogen-bond donors (Lipinski definition) is 1. The lowest BCUT2D eigenvalue weighted by Crippen LogP contribution is -2.07. The van der Waals surface area contributed by atoms with Crippen LogP contribution in [0.3, 0.4) is 0 Å². The first-order chi connectivity index (χ1) is 11.1. The largest absolute Gasteiger partial charge is 0.332 e. The molecule has 0 aromatic heterocycles. The van der Waals surface area contributed by atoms with Crippen molar-refractivity contribution < 1.29 is 0 Å². The van der Waals surface area contributed by atoms with E-state index in [4.69, 9.17) is 0 Å². The van der Waals surface area contributed by atoms with Crippen molar-refractivity contribution in [1.29, 1.82) is 0 Å². The second kappa shape index (κ2) is 8.93. The summed E-state index contributed by atoms with van der Waals surface area (Å²) < 4.78 is 3.67. The van der Waals surface area contributed by atoms with Gasteiger partial charge in [0.25, 0.3) is 0 Å². The molecule has 0 radical (unpaired) electrons. The van der Waals surface area contributed by atoms with Crippen molar-refractivity contribution in [3.05, 3.63) is 60.2 Å². The molecule has 0 heterocycles. The van der Waals surface area contributed by atoms with Gasteiger partial charge >= 0.3 is 0 Å². The summed E-state index contributed by atoms with van der Waals surface area (Å²) in [7, 11) is -0.0385. The van der Waals surface area contributed by atoms with Crippen LogP contribution in [-0.2, 0) is 6.42 Å². The van der Waals surface area contributed by atoms with Crippen molar-refractivity contribution >= 4 is 21.7 Å². The molecule has 2 atom stereocenters. The van der Waals surface area contributed by atoms with Crippen molar-refractivity contribution in [2.24, 2.45) is 11.8 Å². The van der Waals surface area contributed by atoms with Crippen molar-refractivity contribution in [3.8, 4) is 0 Å². The second-order valence-corrected chi connectivity index (χ2v) is 8.13. The van der Waals surface area contributed by atoms with Gasteiger partial charge in [0.05, 0.1) is 0 Å². The monoisotopic (exact) mass is 327 g/mol. The number of benzene rings is 2. The molecule has 0 bridgehead atoms. The quantitative estimate of drug-likeness (QED) is 0.581. The molecule has 124 valence electrons. The predicted molar refractivity (Wildman–Crippen MR) is 106 cm³/mol. The van der Waals surface area contributed by atoms with Crippen LogP contribution in [0.15, 0.2) is 59.5 Å². The van der Waals surface area contributed by atoms with Gasteiger partial charge in [0.15, 0.2) is 0 Å². The van der Waals surface area contributed by atoms with Crippen LogP contribution < -0.4 is 4.72 Å². The number of anilines is 1. The highest BCUT2D eigenvalue weighted by atomic mass is 32.2. The van der Waals surface area contributed by atoms with Gasteiger partial charge in [0.1, 0.15) is 0 Å². The van der Waals surface area contributed by atoms with E-state index < -0.39 is 0 Å². The van der Waals surface area contributed by atoms with Crippen LogP contribution in [0.1, 0.15) is 39.7 Å². The van der Waals surface area contributed by atoms with Crippen LogP contribution in [0, 0.1) is 11.8 Å². The normalized spacial score (nSPS) is 14.0. The third-order valence-electron chi connectivity index (χ3n) is 4.21. The minimum absolute atomic E-state index is 0.0385. The molecule has 0 fully saturated rings. The predicted octanol–water partition coefficient (Wildman–Crippen LogP) is 6.39. The fourth-order valence-corrected chi connectivity index (χ4v) is 3.94. The molecule has 2 heteroatoms. The van der Waals surface area contributed by atoms with Gasteiger partial charge < -0.3 is 4.72 Å². The van der Waals surface area contributed by atoms with Crippen molar-refractivity contribution in [3.63, 3.8) is 0 Å². The Morgan fingerprint density at radius 1 is 0.957 bits per heavy atom. The van der Waals surface area contributed by atoms with Crippen molar-refractivity contribution in [1.82, 2.24) is 0 Å². The molecule has 0 saturated heterocycles. The van der Waals surface area contributed by atoms with Crippen LogP contribution in [0.4, 0.5) is 5.69 Å². The molecule has 0 spiro atoms.